The van der Waals surface area contributed by atoms with Gasteiger partial charge in [-0.05, 0) is 48.9 Å². The van der Waals surface area contributed by atoms with Crippen molar-refractivity contribution in [2.45, 2.75) is 13.5 Å². The number of benzene rings is 2. The SMILES string of the molecule is CCOc1ccc(Nc2nccc(C(=O)NCc3ccccc3Cl)n2)cc1. The van der Waals surface area contributed by atoms with E-state index in [1.807, 2.05) is 49.4 Å². The van der Waals surface area contributed by atoms with Gasteiger partial charge in [0.05, 0.1) is 6.61 Å². The second-order valence-electron chi connectivity index (χ2n) is 5.62. The van der Waals surface area contributed by atoms with Crippen LogP contribution in [0.4, 0.5) is 11.6 Å². The van der Waals surface area contributed by atoms with Crippen molar-refractivity contribution in [2.75, 3.05) is 11.9 Å². The predicted octanol–water partition coefficient (Wildman–Crippen LogP) is 4.20. The highest BCUT2D eigenvalue weighted by molar-refractivity contribution is 6.31. The van der Waals surface area contributed by atoms with Crippen molar-refractivity contribution in [3.05, 3.63) is 77.1 Å². The number of nitrogens with zero attached hydrogens (tertiary/aromatic N) is 2. The van der Waals surface area contributed by atoms with Crippen LogP contribution in [0.25, 0.3) is 0 Å². The molecule has 0 saturated carbocycles. The number of aromatic nitrogens is 2. The van der Waals surface area contributed by atoms with E-state index in [9.17, 15) is 4.79 Å². The Hall–Kier alpha value is -3.12. The summed E-state index contributed by atoms with van der Waals surface area (Å²) in [5.74, 6) is 0.827. The largest absolute Gasteiger partial charge is 0.494 e. The van der Waals surface area contributed by atoms with Gasteiger partial charge in [-0.1, -0.05) is 29.8 Å². The molecule has 138 valence electrons. The third kappa shape index (κ3) is 5.18. The predicted molar refractivity (Wildman–Crippen MR) is 106 cm³/mol. The molecule has 1 amide bonds. The maximum Gasteiger partial charge on any atom is 0.270 e. The number of nitrogens with one attached hydrogen (secondary N) is 2. The molecule has 0 fully saturated rings. The van der Waals surface area contributed by atoms with Gasteiger partial charge in [-0.2, -0.15) is 0 Å². The first-order chi connectivity index (χ1) is 13.2. The van der Waals surface area contributed by atoms with Crippen LogP contribution in [0.5, 0.6) is 5.75 Å². The Morgan fingerprint density at radius 1 is 1.11 bits per heavy atom. The topological polar surface area (TPSA) is 76.1 Å². The summed E-state index contributed by atoms with van der Waals surface area (Å²) in [6.45, 7) is 2.87. The molecule has 0 saturated heterocycles. The molecule has 2 aromatic carbocycles. The second kappa shape index (κ2) is 9.00. The zero-order chi connectivity index (χ0) is 19.1. The molecule has 1 aromatic heterocycles. The summed E-state index contributed by atoms with van der Waals surface area (Å²) < 4.78 is 5.41. The van der Waals surface area contributed by atoms with Crippen LogP contribution in [0, 0.1) is 0 Å². The van der Waals surface area contributed by atoms with Gasteiger partial charge in [0.1, 0.15) is 11.4 Å². The standard InChI is InChI=1S/C20H19ClN4O2/c1-2-27-16-9-7-15(8-10-16)24-20-22-12-11-18(25-20)19(26)23-13-14-5-3-4-6-17(14)21/h3-12H,2,13H2,1H3,(H,23,26)(H,22,24,25). The second-order valence-corrected chi connectivity index (χ2v) is 6.03. The molecule has 0 aliphatic heterocycles. The lowest BCUT2D eigenvalue weighted by Crippen LogP contribution is -2.24. The monoisotopic (exact) mass is 382 g/mol. The summed E-state index contributed by atoms with van der Waals surface area (Å²) in [4.78, 5) is 20.8. The number of amides is 1. The average Bonchev–Trinajstić information content (AvgIpc) is 2.69. The van der Waals surface area contributed by atoms with E-state index >= 15 is 0 Å². The molecule has 1 heterocycles. The lowest BCUT2D eigenvalue weighted by atomic mass is 10.2. The van der Waals surface area contributed by atoms with Crippen LogP contribution < -0.4 is 15.4 Å². The van der Waals surface area contributed by atoms with Crippen LogP contribution in [0.1, 0.15) is 23.0 Å². The fourth-order valence-corrected chi connectivity index (χ4v) is 2.59. The molecule has 0 spiro atoms. The number of rotatable bonds is 7. The van der Waals surface area contributed by atoms with Crippen molar-refractivity contribution in [1.82, 2.24) is 15.3 Å². The van der Waals surface area contributed by atoms with Crippen LogP contribution in [0.3, 0.4) is 0 Å². The number of carbonyl (C=O) groups is 1. The summed E-state index contributed by atoms with van der Waals surface area (Å²) in [5, 5.41) is 6.49. The molecule has 27 heavy (non-hydrogen) atoms. The van der Waals surface area contributed by atoms with Crippen LogP contribution in [-0.2, 0) is 6.54 Å². The van der Waals surface area contributed by atoms with Crippen LogP contribution in [0.2, 0.25) is 5.02 Å². The van der Waals surface area contributed by atoms with Gasteiger partial charge in [-0.3, -0.25) is 4.79 Å². The molecule has 0 atom stereocenters. The van der Waals surface area contributed by atoms with Crippen molar-refractivity contribution in [2.24, 2.45) is 0 Å². The highest BCUT2D eigenvalue weighted by atomic mass is 35.5. The fraction of sp³-hybridized carbons (Fsp3) is 0.150. The van der Waals surface area contributed by atoms with Gasteiger partial charge in [0.25, 0.3) is 5.91 Å². The van der Waals surface area contributed by atoms with Gasteiger partial charge >= 0.3 is 0 Å². The molecular weight excluding hydrogens is 364 g/mol. The fourth-order valence-electron chi connectivity index (χ4n) is 2.38. The number of halogens is 1. The van der Waals surface area contributed by atoms with E-state index in [1.165, 1.54) is 6.20 Å². The Balaban J connectivity index is 1.64. The number of hydrogen-bond donors (Lipinski definition) is 2. The Bertz CT molecular complexity index is 916. The highest BCUT2D eigenvalue weighted by Gasteiger charge is 2.10. The van der Waals surface area contributed by atoms with Crippen LogP contribution in [-0.4, -0.2) is 22.5 Å². The summed E-state index contributed by atoms with van der Waals surface area (Å²) in [6, 6.07) is 16.3. The van der Waals surface area contributed by atoms with Gasteiger partial charge < -0.3 is 15.4 Å². The van der Waals surface area contributed by atoms with Crippen LogP contribution >= 0.6 is 11.6 Å². The van der Waals surface area contributed by atoms with Gasteiger partial charge in [-0.25, -0.2) is 9.97 Å². The first-order valence-electron chi connectivity index (χ1n) is 8.50. The number of hydrogen-bond acceptors (Lipinski definition) is 5. The van der Waals surface area contributed by atoms with E-state index in [0.29, 0.717) is 24.1 Å². The van der Waals surface area contributed by atoms with E-state index in [2.05, 4.69) is 20.6 Å². The van der Waals surface area contributed by atoms with E-state index in [4.69, 9.17) is 16.3 Å². The Labute approximate surface area is 162 Å². The summed E-state index contributed by atoms with van der Waals surface area (Å²) >= 11 is 6.10. The number of anilines is 2. The molecular formula is C20H19ClN4O2. The third-order valence-corrected chi connectivity index (χ3v) is 4.08. The molecule has 0 unspecified atom stereocenters. The van der Waals surface area contributed by atoms with Gasteiger partial charge in [0.2, 0.25) is 5.95 Å². The van der Waals surface area contributed by atoms with E-state index in [0.717, 1.165) is 17.0 Å². The minimum absolute atomic E-state index is 0.269. The Morgan fingerprint density at radius 3 is 2.63 bits per heavy atom. The zero-order valence-electron chi connectivity index (χ0n) is 14.8. The third-order valence-electron chi connectivity index (χ3n) is 3.71. The summed E-state index contributed by atoms with van der Waals surface area (Å²) in [5.41, 5.74) is 1.91. The maximum absolute atomic E-state index is 12.4. The Kier molecular flexibility index (Phi) is 6.22. The minimum Gasteiger partial charge on any atom is -0.494 e. The van der Waals surface area contributed by atoms with E-state index in [1.54, 1.807) is 12.1 Å². The molecule has 0 bridgehead atoms. The quantitative estimate of drug-likeness (QED) is 0.640. The van der Waals surface area contributed by atoms with Crippen molar-refractivity contribution < 1.29 is 9.53 Å². The lowest BCUT2D eigenvalue weighted by molar-refractivity contribution is 0.0946. The summed E-state index contributed by atoms with van der Waals surface area (Å²) in [7, 11) is 0. The summed E-state index contributed by atoms with van der Waals surface area (Å²) in [6.07, 6.45) is 1.54. The number of ether oxygens (including phenoxy) is 1. The van der Waals surface area contributed by atoms with Gasteiger partial charge in [0.15, 0.2) is 0 Å². The lowest BCUT2D eigenvalue weighted by Gasteiger charge is -2.09. The minimum atomic E-state index is -0.299. The molecule has 0 radical (unpaired) electrons. The normalized spacial score (nSPS) is 10.3. The molecule has 0 aliphatic rings. The number of carbonyl (C=O) groups excluding carboxylic acids is 1. The van der Waals surface area contributed by atoms with Crippen molar-refractivity contribution in [1.29, 1.82) is 0 Å². The molecule has 2 N–H and O–H groups in total. The van der Waals surface area contributed by atoms with E-state index < -0.39 is 0 Å². The van der Waals surface area contributed by atoms with Gasteiger partial charge in [-0.15, -0.1) is 0 Å². The van der Waals surface area contributed by atoms with Crippen molar-refractivity contribution >= 4 is 29.1 Å². The molecule has 0 aliphatic carbocycles. The first kappa shape index (κ1) is 18.7. The molecule has 7 heteroatoms. The molecule has 3 rings (SSSR count). The van der Waals surface area contributed by atoms with Crippen molar-refractivity contribution in [3.8, 4) is 5.75 Å². The highest BCUT2D eigenvalue weighted by Crippen LogP contribution is 2.18. The van der Waals surface area contributed by atoms with Crippen LogP contribution in [0.15, 0.2) is 60.8 Å². The Morgan fingerprint density at radius 2 is 1.89 bits per heavy atom. The smallest absolute Gasteiger partial charge is 0.270 e. The molecule has 6 nitrogen and oxygen atoms in total. The zero-order valence-corrected chi connectivity index (χ0v) is 15.5. The molecule has 3 aromatic rings. The van der Waals surface area contributed by atoms with Crippen molar-refractivity contribution in [3.63, 3.8) is 0 Å². The maximum atomic E-state index is 12.4. The average molecular weight is 383 g/mol. The van der Waals surface area contributed by atoms with Gasteiger partial charge in [0, 0.05) is 23.5 Å². The first-order valence-corrected chi connectivity index (χ1v) is 8.88. The van der Waals surface area contributed by atoms with E-state index in [-0.39, 0.29) is 11.6 Å².